The molecule has 125 heavy (non-hydrogen) atoms. The van der Waals surface area contributed by atoms with Crippen molar-refractivity contribution in [2.45, 2.75) is 113 Å². The largest absolute Gasteiger partial charge is 0.364 e. The summed E-state index contributed by atoms with van der Waals surface area (Å²) < 4.78 is 16.8. The summed E-state index contributed by atoms with van der Waals surface area (Å²) >= 11 is 0. The molecular weight excluding hydrogens is 1560 g/mol. The molecule has 2 aliphatic rings. The molecule has 6 aromatic carbocycles. The van der Waals surface area contributed by atoms with Gasteiger partial charge in [0.25, 0.3) is 0 Å². The third-order valence-corrected chi connectivity index (χ3v) is 23.2. The molecule has 0 saturated carbocycles. The second kappa shape index (κ2) is 34.9. The highest BCUT2D eigenvalue weighted by molar-refractivity contribution is 5.83. The first-order valence-electron chi connectivity index (χ1n) is 42.6. The number of piperidine rings is 1. The minimum Gasteiger partial charge on any atom is -0.364 e. The van der Waals surface area contributed by atoms with Crippen molar-refractivity contribution in [3.8, 4) is 46.1 Å². The summed E-state index contributed by atoms with van der Waals surface area (Å²) in [5, 5.41) is 38.0. The molecule has 16 heterocycles. The van der Waals surface area contributed by atoms with E-state index in [4.69, 9.17) is 44.9 Å². The molecule has 2 saturated heterocycles. The number of piperazine rings is 1. The second-order valence-electron chi connectivity index (χ2n) is 31.8. The van der Waals surface area contributed by atoms with E-state index >= 15 is 0 Å². The number of aryl methyl sites for hydroxylation is 7. The van der Waals surface area contributed by atoms with E-state index in [-0.39, 0.29) is 0 Å². The molecule has 0 aliphatic carbocycles. The second-order valence-corrected chi connectivity index (χ2v) is 31.8. The van der Waals surface area contributed by atoms with Gasteiger partial charge in [0.1, 0.15) is 57.1 Å². The van der Waals surface area contributed by atoms with Gasteiger partial charge in [-0.2, -0.15) is 4.98 Å². The lowest BCUT2D eigenvalue weighted by Gasteiger charge is -2.32. The number of para-hydroxylation sites is 4. The van der Waals surface area contributed by atoms with Gasteiger partial charge in [-0.15, -0.1) is 40.8 Å². The van der Waals surface area contributed by atoms with Crippen LogP contribution in [0.2, 0.25) is 0 Å². The predicted molar refractivity (Wildman–Crippen MR) is 485 cm³/mol. The van der Waals surface area contributed by atoms with Gasteiger partial charge in [0.15, 0.2) is 57.4 Å². The van der Waals surface area contributed by atoms with E-state index in [0.717, 1.165) is 250 Å². The van der Waals surface area contributed by atoms with Crippen molar-refractivity contribution >= 4 is 78.7 Å². The maximum Gasteiger partial charge on any atom is 0.227 e. The number of hydrogen-bond donors (Lipinski definition) is 1. The number of likely N-dealkylation sites (N-methyl/N-ethyl adjacent to an activating group) is 1. The highest BCUT2D eigenvalue weighted by Gasteiger charge is 2.27. The minimum atomic E-state index is 0.364. The molecule has 2 aliphatic heterocycles. The molecule has 14 aromatic heterocycles. The van der Waals surface area contributed by atoms with E-state index in [0.29, 0.717) is 19.1 Å². The number of pyridine rings is 1. The first-order chi connectivity index (χ1) is 61.2. The lowest BCUT2D eigenvalue weighted by Crippen LogP contribution is -2.45. The Balaban J connectivity index is 0.000000110. The molecule has 0 amide bonds. The fraction of sp³-hybridized carbons (Fsp3) is 0.266. The number of likely N-dealkylation sites (tertiary alicyclic amines) is 1. The number of hydrogen-bond acceptors (Lipinski definition) is 23. The number of nitrogens with one attached hydrogen (secondary N) is 1. The molecular formula is C94H95N31. The standard InChI is InChI=1S/C26H28N8.C25H28N10.C22H20N6.C21H19N7/c1-18-30-31-26-24(27-20-12-14-32(2)15-13-20)28-22(17-33(18)26)25-29-21-10-6-7-11-23(21)34(25)16-19-8-4-3-5-9-19;1-4-19-24-31-30-17(2)34(24)16-21(27-19)23-28-20-14-26-25(33-12-10-32(3)11-13-33)29-22(20)35(23)15-18-8-6-5-7-9-18;1-3-17-22-26-25-15(2)27(22)14-19(23-17)21-24-18-11-7-8-12-20(18)28(21)13-16-9-5-4-6-10-16;1-3-16-21-26-25-14(2)27(21)13-18(23-16)20-24-17-10-7-11-22-19(17)28(20)12-15-8-5-4-6-9-15/h3-11,17,20H,12-16H2,1-2H3,(H,27,28);5-9,14,16H,4,10-13,15H2,1-3H3;4-12,14H,3,13H2,1-2H3;4-11,13H,3,12H2,1-2H3. The van der Waals surface area contributed by atoms with Crippen LogP contribution >= 0.6 is 0 Å². The molecule has 0 unspecified atom stereocenters. The van der Waals surface area contributed by atoms with Crippen LogP contribution in [0.4, 0.5) is 11.8 Å². The number of rotatable bonds is 18. The van der Waals surface area contributed by atoms with Crippen molar-refractivity contribution in [3.63, 3.8) is 0 Å². The van der Waals surface area contributed by atoms with Crippen LogP contribution in [0.25, 0.3) is 113 Å². The molecule has 20 aromatic rings. The van der Waals surface area contributed by atoms with Crippen LogP contribution in [0, 0.1) is 27.7 Å². The molecule has 0 radical (unpaired) electrons. The minimum absolute atomic E-state index is 0.364. The Morgan fingerprint density at radius 3 is 1.13 bits per heavy atom. The van der Waals surface area contributed by atoms with Gasteiger partial charge in [-0.3, -0.25) is 17.6 Å². The summed E-state index contributed by atoms with van der Waals surface area (Å²) in [6, 6.07) is 62.4. The Bertz CT molecular complexity index is 7020. The summed E-state index contributed by atoms with van der Waals surface area (Å²) in [5.41, 5.74) is 21.3. The van der Waals surface area contributed by atoms with Crippen molar-refractivity contribution in [3.05, 3.63) is 282 Å². The molecule has 2 fully saturated rings. The van der Waals surface area contributed by atoms with Crippen LogP contribution in [-0.2, 0) is 45.4 Å². The van der Waals surface area contributed by atoms with Crippen LogP contribution in [0.15, 0.2) is 219 Å². The average molecular weight is 1660 g/mol. The van der Waals surface area contributed by atoms with Gasteiger partial charge in [-0.1, -0.05) is 166 Å². The van der Waals surface area contributed by atoms with Gasteiger partial charge < -0.3 is 38.3 Å². The highest BCUT2D eigenvalue weighted by atomic mass is 15.3. The van der Waals surface area contributed by atoms with Gasteiger partial charge in [0.2, 0.25) is 11.6 Å². The van der Waals surface area contributed by atoms with E-state index in [1.54, 1.807) is 6.20 Å². The smallest absolute Gasteiger partial charge is 0.227 e. The third kappa shape index (κ3) is 16.3. The lowest BCUT2D eigenvalue weighted by molar-refractivity contribution is 0.263. The fourth-order valence-electron chi connectivity index (χ4n) is 16.4. The normalized spacial score (nSPS) is 13.5. The number of nitrogens with zero attached hydrogens (tertiary/aromatic N) is 30. The molecule has 0 spiro atoms. The Morgan fingerprint density at radius 1 is 0.320 bits per heavy atom. The number of benzene rings is 6. The van der Waals surface area contributed by atoms with E-state index in [1.807, 2.05) is 149 Å². The van der Waals surface area contributed by atoms with Crippen LogP contribution in [-0.4, -0.2) is 201 Å². The van der Waals surface area contributed by atoms with Gasteiger partial charge in [-0.05, 0) is 146 Å². The Labute approximate surface area is 720 Å². The van der Waals surface area contributed by atoms with Gasteiger partial charge in [-0.25, -0.2) is 49.8 Å². The zero-order valence-corrected chi connectivity index (χ0v) is 71.4. The quantitative estimate of drug-likeness (QED) is 0.0834. The van der Waals surface area contributed by atoms with Crippen molar-refractivity contribution in [1.29, 1.82) is 0 Å². The number of anilines is 2. The zero-order chi connectivity index (χ0) is 85.2. The zero-order valence-electron chi connectivity index (χ0n) is 71.4. The van der Waals surface area contributed by atoms with E-state index < -0.39 is 0 Å². The number of fused-ring (bicyclic) bond motifs is 8. The number of aromatic nitrogens is 27. The molecule has 1 N–H and O–H groups in total. The Kier molecular flexibility index (Phi) is 22.3. The topological polar surface area (TPSA) is 304 Å². The Hall–Kier alpha value is -14.9. The fourth-order valence-corrected chi connectivity index (χ4v) is 16.4. The average Bonchev–Trinajstić information content (AvgIpc) is 1.62. The summed E-state index contributed by atoms with van der Waals surface area (Å²) in [6.07, 6.45) is 16.0. The van der Waals surface area contributed by atoms with Crippen LogP contribution < -0.4 is 10.2 Å². The van der Waals surface area contributed by atoms with Crippen LogP contribution in [0.3, 0.4) is 0 Å². The SMILES string of the molecule is CCc1nc(-c2nc3ccccc3n2Cc2ccccc2)cn2c(C)nnc12.CCc1nc(-c2nc3cccnc3n2Cc2ccccc2)cn2c(C)nnc12.CCc1nc(-c2nc3cnc(N4CCN(C)CC4)nc3n2Cc2ccccc2)cn2c(C)nnc12.Cc1nnc2c(NC3CCN(C)CC3)nc(-c3nc4ccccc4n3Cc3ccccc3)cn12. The van der Waals surface area contributed by atoms with Crippen LogP contribution in [0.1, 0.15) is 96.2 Å². The van der Waals surface area contributed by atoms with Gasteiger partial charge in [0.05, 0.1) is 58.4 Å². The first kappa shape index (κ1) is 79.9. The third-order valence-electron chi connectivity index (χ3n) is 23.2. The molecule has 22 rings (SSSR count). The van der Waals surface area contributed by atoms with Crippen molar-refractivity contribution in [1.82, 2.24) is 141 Å². The molecule has 31 heteroatoms. The monoisotopic (exact) mass is 1660 g/mol. The van der Waals surface area contributed by atoms with Gasteiger partial charge >= 0.3 is 0 Å². The van der Waals surface area contributed by atoms with Crippen molar-refractivity contribution in [2.75, 3.05) is 63.6 Å². The maximum atomic E-state index is 5.06. The lowest BCUT2D eigenvalue weighted by atomic mass is 10.1. The number of imidazole rings is 4. The highest BCUT2D eigenvalue weighted by Crippen LogP contribution is 2.33. The van der Waals surface area contributed by atoms with E-state index in [2.05, 4.69) is 233 Å². The van der Waals surface area contributed by atoms with Crippen LogP contribution in [0.5, 0.6) is 0 Å². The summed E-state index contributed by atoms with van der Waals surface area (Å²) in [4.78, 5) is 60.7. The summed E-state index contributed by atoms with van der Waals surface area (Å²) in [7, 11) is 4.32. The Morgan fingerprint density at radius 2 is 0.680 bits per heavy atom. The summed E-state index contributed by atoms with van der Waals surface area (Å²) in [5.74, 6) is 8.10. The molecule has 0 atom stereocenters. The molecule has 626 valence electrons. The van der Waals surface area contributed by atoms with Crippen molar-refractivity contribution < 1.29 is 0 Å². The first-order valence-corrected chi connectivity index (χ1v) is 42.6. The van der Waals surface area contributed by atoms with E-state index in [1.165, 1.54) is 22.3 Å². The molecule has 0 bridgehead atoms. The maximum absolute atomic E-state index is 5.06. The van der Waals surface area contributed by atoms with Crippen molar-refractivity contribution in [2.24, 2.45) is 0 Å². The van der Waals surface area contributed by atoms with E-state index in [9.17, 15) is 0 Å². The molecule has 31 nitrogen and oxygen atoms in total. The van der Waals surface area contributed by atoms with Gasteiger partial charge in [0, 0.05) is 76.3 Å². The predicted octanol–water partition coefficient (Wildman–Crippen LogP) is 14.1. The summed E-state index contributed by atoms with van der Waals surface area (Å²) in [6.45, 7) is 22.8.